The SMILES string of the molecule is CCOC(=O)CN1CCC(C)CC(NC)C1=O. The van der Waals surface area contributed by atoms with Gasteiger partial charge in [0.15, 0.2) is 0 Å². The minimum absolute atomic E-state index is 0.00454. The molecule has 0 saturated carbocycles. The van der Waals surface area contributed by atoms with Gasteiger partial charge in [-0.15, -0.1) is 0 Å². The van der Waals surface area contributed by atoms with Crippen LogP contribution in [-0.4, -0.2) is 49.6 Å². The summed E-state index contributed by atoms with van der Waals surface area (Å²) in [6.07, 6.45) is 1.76. The zero-order valence-corrected chi connectivity index (χ0v) is 10.9. The highest BCUT2D eigenvalue weighted by Crippen LogP contribution is 2.17. The van der Waals surface area contributed by atoms with Gasteiger partial charge in [0.1, 0.15) is 6.54 Å². The Morgan fingerprint density at radius 2 is 2.29 bits per heavy atom. The zero-order valence-electron chi connectivity index (χ0n) is 10.9. The molecule has 0 spiro atoms. The molecule has 1 amide bonds. The van der Waals surface area contributed by atoms with E-state index in [1.54, 1.807) is 18.9 Å². The third-order valence-corrected chi connectivity index (χ3v) is 3.11. The molecule has 1 saturated heterocycles. The Kier molecular flexibility index (Phi) is 5.41. The van der Waals surface area contributed by atoms with Crippen LogP contribution in [0.2, 0.25) is 0 Å². The van der Waals surface area contributed by atoms with E-state index in [0.717, 1.165) is 12.8 Å². The number of carbonyl (C=O) groups excluding carboxylic acids is 2. The fourth-order valence-corrected chi connectivity index (χ4v) is 2.09. The Bertz CT molecular complexity index is 281. The van der Waals surface area contributed by atoms with Crippen molar-refractivity contribution in [3.05, 3.63) is 0 Å². The highest BCUT2D eigenvalue weighted by Gasteiger charge is 2.29. The van der Waals surface area contributed by atoms with Crippen LogP contribution in [0.15, 0.2) is 0 Å². The summed E-state index contributed by atoms with van der Waals surface area (Å²) < 4.78 is 4.88. The topological polar surface area (TPSA) is 58.6 Å². The molecule has 0 aromatic carbocycles. The van der Waals surface area contributed by atoms with Crippen LogP contribution in [0.5, 0.6) is 0 Å². The minimum Gasteiger partial charge on any atom is -0.465 e. The van der Waals surface area contributed by atoms with Crippen LogP contribution in [0.3, 0.4) is 0 Å². The van der Waals surface area contributed by atoms with Gasteiger partial charge in [-0.05, 0) is 32.7 Å². The maximum Gasteiger partial charge on any atom is 0.325 e. The number of hydrogen-bond acceptors (Lipinski definition) is 4. The summed E-state index contributed by atoms with van der Waals surface area (Å²) in [6, 6.07) is -0.179. The Morgan fingerprint density at radius 1 is 1.59 bits per heavy atom. The zero-order chi connectivity index (χ0) is 12.8. The number of likely N-dealkylation sites (tertiary alicyclic amines) is 1. The number of carbonyl (C=O) groups is 2. The second-order valence-electron chi connectivity index (χ2n) is 4.54. The number of amides is 1. The van der Waals surface area contributed by atoms with Crippen LogP contribution in [0, 0.1) is 5.92 Å². The Morgan fingerprint density at radius 3 is 2.88 bits per heavy atom. The molecule has 0 aromatic heterocycles. The standard InChI is InChI=1S/C12H22N2O3/c1-4-17-11(15)8-14-6-5-9(2)7-10(13-3)12(14)16/h9-10,13H,4-8H2,1-3H3. The van der Waals surface area contributed by atoms with Gasteiger partial charge in [0.25, 0.3) is 0 Å². The maximum atomic E-state index is 12.1. The lowest BCUT2D eigenvalue weighted by atomic mass is 10.0. The number of nitrogens with one attached hydrogen (secondary N) is 1. The van der Waals surface area contributed by atoms with Gasteiger partial charge in [-0.3, -0.25) is 9.59 Å². The van der Waals surface area contributed by atoms with Crippen LogP contribution in [0.1, 0.15) is 26.7 Å². The van der Waals surface area contributed by atoms with E-state index in [0.29, 0.717) is 19.1 Å². The fourth-order valence-electron chi connectivity index (χ4n) is 2.09. The number of likely N-dealkylation sites (N-methyl/N-ethyl adjacent to an activating group) is 1. The summed E-state index contributed by atoms with van der Waals surface area (Å²) >= 11 is 0. The predicted molar refractivity (Wildman–Crippen MR) is 64.5 cm³/mol. The van der Waals surface area contributed by atoms with Crippen molar-refractivity contribution in [1.29, 1.82) is 0 Å². The molecule has 5 nitrogen and oxygen atoms in total. The molecule has 0 radical (unpaired) electrons. The number of rotatable bonds is 4. The van der Waals surface area contributed by atoms with E-state index >= 15 is 0 Å². The molecular formula is C12H22N2O3. The monoisotopic (exact) mass is 242 g/mol. The van der Waals surface area contributed by atoms with E-state index in [1.807, 2.05) is 0 Å². The van der Waals surface area contributed by atoms with Crippen molar-refractivity contribution in [1.82, 2.24) is 10.2 Å². The van der Waals surface area contributed by atoms with Crippen molar-refractivity contribution in [2.24, 2.45) is 5.92 Å². The summed E-state index contributed by atoms with van der Waals surface area (Å²) in [7, 11) is 1.78. The average molecular weight is 242 g/mol. The predicted octanol–water partition coefficient (Wildman–Crippen LogP) is 0.396. The molecule has 5 heteroatoms. The van der Waals surface area contributed by atoms with Gasteiger partial charge in [0.2, 0.25) is 5.91 Å². The molecule has 1 N–H and O–H groups in total. The van der Waals surface area contributed by atoms with Crippen LogP contribution in [0.25, 0.3) is 0 Å². The van der Waals surface area contributed by atoms with Gasteiger partial charge < -0.3 is 15.0 Å². The van der Waals surface area contributed by atoms with Gasteiger partial charge in [0, 0.05) is 6.54 Å². The summed E-state index contributed by atoms with van der Waals surface area (Å²) in [6.45, 7) is 4.95. The first-order valence-electron chi connectivity index (χ1n) is 6.20. The molecule has 98 valence electrons. The van der Waals surface area contributed by atoms with Crippen LogP contribution in [-0.2, 0) is 14.3 Å². The molecule has 0 aromatic rings. The molecule has 1 aliphatic heterocycles. The maximum absolute atomic E-state index is 12.1. The van der Waals surface area contributed by atoms with Gasteiger partial charge in [-0.1, -0.05) is 6.92 Å². The molecule has 17 heavy (non-hydrogen) atoms. The Balaban J connectivity index is 2.63. The van der Waals surface area contributed by atoms with Crippen LogP contribution < -0.4 is 5.32 Å². The minimum atomic E-state index is -0.328. The largest absolute Gasteiger partial charge is 0.465 e. The van der Waals surface area contributed by atoms with Gasteiger partial charge in [-0.2, -0.15) is 0 Å². The van der Waals surface area contributed by atoms with Crippen molar-refractivity contribution >= 4 is 11.9 Å². The summed E-state index contributed by atoms with van der Waals surface area (Å²) in [5, 5.41) is 3.02. The normalized spacial score (nSPS) is 25.6. The van der Waals surface area contributed by atoms with Crippen molar-refractivity contribution < 1.29 is 14.3 Å². The molecule has 1 rings (SSSR count). The summed E-state index contributed by atoms with van der Waals surface area (Å²) in [5.41, 5.74) is 0. The smallest absolute Gasteiger partial charge is 0.325 e. The number of nitrogens with zero attached hydrogens (tertiary/aromatic N) is 1. The second-order valence-corrected chi connectivity index (χ2v) is 4.54. The Labute approximate surface area is 102 Å². The molecule has 2 atom stereocenters. The lowest BCUT2D eigenvalue weighted by Gasteiger charge is -2.22. The summed E-state index contributed by atoms with van der Waals surface area (Å²) in [4.78, 5) is 25.1. The molecule has 2 unspecified atom stereocenters. The highest BCUT2D eigenvalue weighted by molar-refractivity contribution is 5.86. The molecule has 0 bridgehead atoms. The summed E-state index contributed by atoms with van der Waals surface area (Å²) in [5.74, 6) is 0.166. The van der Waals surface area contributed by atoms with E-state index in [4.69, 9.17) is 4.74 Å². The van der Waals surface area contributed by atoms with Crippen LogP contribution in [0.4, 0.5) is 0 Å². The van der Waals surface area contributed by atoms with Gasteiger partial charge in [-0.25, -0.2) is 0 Å². The first-order valence-corrected chi connectivity index (χ1v) is 6.20. The third-order valence-electron chi connectivity index (χ3n) is 3.11. The number of ether oxygens (including phenoxy) is 1. The highest BCUT2D eigenvalue weighted by atomic mass is 16.5. The van der Waals surface area contributed by atoms with Crippen molar-refractivity contribution in [2.45, 2.75) is 32.7 Å². The van der Waals surface area contributed by atoms with Gasteiger partial charge in [0.05, 0.1) is 12.6 Å². The van der Waals surface area contributed by atoms with Crippen molar-refractivity contribution in [2.75, 3.05) is 26.7 Å². The fraction of sp³-hybridized carbons (Fsp3) is 0.833. The van der Waals surface area contributed by atoms with E-state index in [1.165, 1.54) is 0 Å². The molecule has 1 fully saturated rings. The number of hydrogen-bond donors (Lipinski definition) is 1. The van der Waals surface area contributed by atoms with E-state index in [9.17, 15) is 9.59 Å². The lowest BCUT2D eigenvalue weighted by Crippen LogP contribution is -2.46. The second kappa shape index (κ2) is 6.59. The number of esters is 1. The first-order chi connectivity index (χ1) is 8.08. The Hall–Kier alpha value is -1.10. The molecular weight excluding hydrogens is 220 g/mol. The lowest BCUT2D eigenvalue weighted by molar-refractivity contribution is -0.149. The molecule has 1 aliphatic rings. The van der Waals surface area contributed by atoms with E-state index in [2.05, 4.69) is 12.2 Å². The average Bonchev–Trinajstić information content (AvgIpc) is 2.42. The van der Waals surface area contributed by atoms with Crippen LogP contribution >= 0.6 is 0 Å². The first kappa shape index (κ1) is 14.0. The van der Waals surface area contributed by atoms with Crippen molar-refractivity contribution in [3.8, 4) is 0 Å². The third kappa shape index (κ3) is 4.00. The van der Waals surface area contributed by atoms with Crippen molar-refractivity contribution in [3.63, 3.8) is 0 Å². The van der Waals surface area contributed by atoms with E-state index in [-0.39, 0.29) is 24.5 Å². The quantitative estimate of drug-likeness (QED) is 0.725. The van der Waals surface area contributed by atoms with Gasteiger partial charge >= 0.3 is 5.97 Å². The molecule has 0 aliphatic carbocycles. The van der Waals surface area contributed by atoms with E-state index < -0.39 is 0 Å². The molecule has 1 heterocycles.